The molecule has 0 bridgehead atoms. The van der Waals surface area contributed by atoms with Gasteiger partial charge in [0, 0.05) is 33.9 Å². The van der Waals surface area contributed by atoms with Gasteiger partial charge in [-0.05, 0) is 112 Å². The normalized spacial score (nSPS) is 15.4. The molecule has 50 heavy (non-hydrogen) atoms. The molecule has 0 unspecified atom stereocenters. The highest BCUT2D eigenvalue weighted by molar-refractivity contribution is 6.11. The average Bonchev–Trinajstić information content (AvgIpc) is 3.51. The predicted octanol–water partition coefficient (Wildman–Crippen LogP) is 13.1. The number of benzene rings is 6. The van der Waals surface area contributed by atoms with E-state index in [1.165, 1.54) is 49.6 Å². The monoisotopic (exact) mass is 640 g/mol. The van der Waals surface area contributed by atoms with Gasteiger partial charge in [-0.3, -0.25) is 0 Å². The van der Waals surface area contributed by atoms with E-state index in [1.54, 1.807) is 0 Å². The van der Waals surface area contributed by atoms with Crippen molar-refractivity contribution >= 4 is 44.3 Å². The molecule has 0 radical (unpaired) electrons. The zero-order valence-corrected chi connectivity index (χ0v) is 27.8. The standard InChI is InChI=1S/C48H36N2/c1-34-16-13-14-29-49(41-31-38(35-17-5-2-6-18-35)30-39(32-41)36-19-7-3-8-20-36)47-26-15-24-42(48(34)47)37-27-28-46-44(33-37)43-23-11-12-25-45(43)50(46)40-21-9-4-10-22-40/h2,4-7,9-33H,1,3,8H2/b16-13-,29-14-. The molecule has 0 atom stereocenters. The molecule has 2 nitrogen and oxygen atoms in total. The van der Waals surface area contributed by atoms with E-state index in [0.29, 0.717) is 0 Å². The third kappa shape index (κ3) is 5.23. The van der Waals surface area contributed by atoms with Gasteiger partial charge < -0.3 is 9.47 Å². The van der Waals surface area contributed by atoms with Crippen molar-refractivity contribution in [3.63, 3.8) is 0 Å². The van der Waals surface area contributed by atoms with Crippen LogP contribution in [0.1, 0.15) is 24.0 Å². The van der Waals surface area contributed by atoms with Crippen LogP contribution in [0.15, 0.2) is 189 Å². The Labute approximate surface area is 293 Å². The van der Waals surface area contributed by atoms with Crippen molar-refractivity contribution in [3.8, 4) is 27.9 Å². The van der Waals surface area contributed by atoms with Crippen LogP contribution in [0.25, 0.3) is 60.9 Å². The summed E-state index contributed by atoms with van der Waals surface area (Å²) in [6.45, 7) is 4.61. The Balaban J connectivity index is 1.23. The largest absolute Gasteiger partial charge is 0.316 e. The summed E-state index contributed by atoms with van der Waals surface area (Å²) < 4.78 is 2.37. The quantitative estimate of drug-likeness (QED) is 0.182. The molecule has 1 aliphatic heterocycles. The van der Waals surface area contributed by atoms with Crippen LogP contribution in [-0.2, 0) is 0 Å². The molecule has 2 heterocycles. The summed E-state index contributed by atoms with van der Waals surface area (Å²) in [7, 11) is 0. The summed E-state index contributed by atoms with van der Waals surface area (Å²) in [6, 6.07) is 50.5. The predicted molar refractivity (Wildman–Crippen MR) is 214 cm³/mol. The number of hydrogen-bond acceptors (Lipinski definition) is 1. The van der Waals surface area contributed by atoms with Crippen molar-refractivity contribution in [2.75, 3.05) is 4.90 Å². The summed E-state index contributed by atoms with van der Waals surface area (Å²) in [5, 5.41) is 2.48. The minimum Gasteiger partial charge on any atom is -0.316 e. The van der Waals surface area contributed by atoms with Crippen molar-refractivity contribution in [2.24, 2.45) is 0 Å². The van der Waals surface area contributed by atoms with Gasteiger partial charge in [-0.25, -0.2) is 0 Å². The van der Waals surface area contributed by atoms with Gasteiger partial charge in [0.1, 0.15) is 0 Å². The van der Waals surface area contributed by atoms with Crippen LogP contribution in [-0.4, -0.2) is 4.57 Å². The number of anilines is 2. The fourth-order valence-electron chi connectivity index (χ4n) is 7.55. The molecule has 238 valence electrons. The third-order valence-electron chi connectivity index (χ3n) is 9.90. The first-order valence-corrected chi connectivity index (χ1v) is 17.4. The van der Waals surface area contributed by atoms with Crippen LogP contribution in [0.3, 0.4) is 0 Å². The summed E-state index contributed by atoms with van der Waals surface area (Å²) in [5.41, 5.74) is 15.1. The number of rotatable bonds is 5. The Morgan fingerprint density at radius 2 is 1.30 bits per heavy atom. The van der Waals surface area contributed by atoms with Crippen molar-refractivity contribution in [1.29, 1.82) is 0 Å². The van der Waals surface area contributed by atoms with Gasteiger partial charge in [-0.15, -0.1) is 0 Å². The molecule has 0 spiro atoms. The van der Waals surface area contributed by atoms with Crippen LogP contribution in [0.2, 0.25) is 0 Å². The molecule has 2 aliphatic rings. The first-order chi connectivity index (χ1) is 24.7. The maximum absolute atomic E-state index is 4.61. The van der Waals surface area contributed by atoms with Crippen molar-refractivity contribution in [1.82, 2.24) is 4.57 Å². The summed E-state index contributed by atoms with van der Waals surface area (Å²) >= 11 is 0. The zero-order chi connectivity index (χ0) is 33.4. The number of para-hydroxylation sites is 2. The van der Waals surface area contributed by atoms with Gasteiger partial charge in [0.05, 0.1) is 16.7 Å². The highest BCUT2D eigenvalue weighted by Gasteiger charge is 2.21. The first kappa shape index (κ1) is 29.7. The molecular weight excluding hydrogens is 605 g/mol. The van der Waals surface area contributed by atoms with E-state index in [4.69, 9.17) is 0 Å². The van der Waals surface area contributed by atoms with Crippen molar-refractivity contribution in [3.05, 3.63) is 200 Å². The molecule has 0 N–H and O–H groups in total. The lowest BCUT2D eigenvalue weighted by molar-refractivity contribution is 1.04. The van der Waals surface area contributed by atoms with Gasteiger partial charge in [0.2, 0.25) is 0 Å². The first-order valence-electron chi connectivity index (χ1n) is 17.4. The van der Waals surface area contributed by atoms with E-state index in [0.717, 1.165) is 46.6 Å². The SMILES string of the molecule is C=C1/C=C\C=C/N(c2cc(C3=CCCC=C3)cc(-c3ccccc3)c2)c2cccc(-c3ccc4c(c3)c3ccccc3n4-c3ccccc3)c21. The Morgan fingerprint density at radius 1 is 0.520 bits per heavy atom. The number of nitrogens with zero attached hydrogens (tertiary/aromatic N) is 2. The Bertz CT molecular complexity index is 2540. The van der Waals surface area contributed by atoms with E-state index in [2.05, 4.69) is 198 Å². The molecule has 0 fully saturated rings. The average molecular weight is 641 g/mol. The third-order valence-corrected chi connectivity index (χ3v) is 9.90. The summed E-state index contributed by atoms with van der Waals surface area (Å²) in [5.74, 6) is 0. The molecule has 6 aromatic carbocycles. The number of fused-ring (bicyclic) bond motifs is 4. The molecule has 1 aromatic heterocycles. The zero-order valence-electron chi connectivity index (χ0n) is 27.8. The fraction of sp³-hybridized carbons (Fsp3) is 0.0417. The highest BCUT2D eigenvalue weighted by atomic mass is 15.1. The van der Waals surface area contributed by atoms with E-state index >= 15 is 0 Å². The van der Waals surface area contributed by atoms with Gasteiger partial charge in [-0.1, -0.05) is 122 Å². The van der Waals surface area contributed by atoms with Crippen molar-refractivity contribution < 1.29 is 0 Å². The molecule has 7 aromatic rings. The maximum Gasteiger partial charge on any atom is 0.0541 e. The Kier molecular flexibility index (Phi) is 7.48. The lowest BCUT2D eigenvalue weighted by atomic mass is 9.91. The molecule has 0 saturated heterocycles. The molecular formula is C48H36N2. The van der Waals surface area contributed by atoms with Crippen molar-refractivity contribution in [2.45, 2.75) is 12.8 Å². The number of allylic oxidation sites excluding steroid dienone is 8. The number of hydrogen-bond donors (Lipinski definition) is 0. The fourth-order valence-corrected chi connectivity index (χ4v) is 7.55. The second-order valence-corrected chi connectivity index (χ2v) is 13.0. The van der Waals surface area contributed by atoms with Gasteiger partial charge in [-0.2, -0.15) is 0 Å². The van der Waals surface area contributed by atoms with Gasteiger partial charge >= 0.3 is 0 Å². The van der Waals surface area contributed by atoms with Crippen LogP contribution in [0.5, 0.6) is 0 Å². The van der Waals surface area contributed by atoms with E-state index in [9.17, 15) is 0 Å². The second-order valence-electron chi connectivity index (χ2n) is 13.0. The summed E-state index contributed by atoms with van der Waals surface area (Å²) in [4.78, 5) is 2.33. The van der Waals surface area contributed by atoms with Crippen LogP contribution in [0, 0.1) is 0 Å². The molecule has 0 amide bonds. The topological polar surface area (TPSA) is 8.17 Å². The lowest BCUT2D eigenvalue weighted by Crippen LogP contribution is -2.12. The van der Waals surface area contributed by atoms with Crippen LogP contribution >= 0.6 is 0 Å². The second kappa shape index (κ2) is 12.6. The van der Waals surface area contributed by atoms with E-state index < -0.39 is 0 Å². The van der Waals surface area contributed by atoms with E-state index in [-0.39, 0.29) is 0 Å². The smallest absolute Gasteiger partial charge is 0.0541 e. The molecule has 2 heteroatoms. The Morgan fingerprint density at radius 3 is 2.14 bits per heavy atom. The molecule has 1 aliphatic carbocycles. The van der Waals surface area contributed by atoms with E-state index in [1.807, 2.05) is 0 Å². The highest BCUT2D eigenvalue weighted by Crippen LogP contribution is 2.43. The Hall–Kier alpha value is -6.38. The summed E-state index contributed by atoms with van der Waals surface area (Å²) in [6.07, 6.45) is 17.6. The lowest BCUT2D eigenvalue weighted by Gasteiger charge is -2.28. The maximum atomic E-state index is 4.61. The van der Waals surface area contributed by atoms with Crippen LogP contribution < -0.4 is 4.90 Å². The number of aromatic nitrogens is 1. The molecule has 9 rings (SSSR count). The van der Waals surface area contributed by atoms with Crippen LogP contribution in [0.4, 0.5) is 11.4 Å². The van der Waals surface area contributed by atoms with Gasteiger partial charge in [0.25, 0.3) is 0 Å². The van der Waals surface area contributed by atoms with Gasteiger partial charge in [0.15, 0.2) is 0 Å². The minimum atomic E-state index is 0.981. The molecule has 0 saturated carbocycles. The minimum absolute atomic E-state index is 0.981.